The number of anilines is 1. The Morgan fingerprint density at radius 1 is 1.07 bits per heavy atom. The van der Waals surface area contributed by atoms with Crippen molar-refractivity contribution in [1.29, 1.82) is 0 Å². The molecule has 0 saturated heterocycles. The Balaban J connectivity index is 1.54. The fraction of sp³-hybridized carbons (Fsp3) is 0.394. The molecule has 3 rings (SSSR count). The summed E-state index contributed by atoms with van der Waals surface area (Å²) in [6, 6.07) is 12.6. The number of hydrogen-bond acceptors (Lipinski definition) is 8. The lowest BCUT2D eigenvalue weighted by molar-refractivity contribution is -0.162. The predicted octanol–water partition coefficient (Wildman–Crippen LogP) is 3.93. The Labute approximate surface area is 263 Å². The molecule has 1 aliphatic rings. The minimum Gasteiger partial charge on any atom is -0.507 e. The lowest BCUT2D eigenvalue weighted by Crippen LogP contribution is -2.55. The first kappa shape index (κ1) is 34.6. The van der Waals surface area contributed by atoms with Gasteiger partial charge in [0.2, 0.25) is 11.8 Å². The summed E-state index contributed by atoms with van der Waals surface area (Å²) >= 11 is 0. The first-order valence-electron chi connectivity index (χ1n) is 14.9. The number of amides is 3. The number of para-hydroxylation sites is 1. The maximum Gasteiger partial charge on any atom is 0.413 e. The van der Waals surface area contributed by atoms with E-state index in [-0.39, 0.29) is 31.0 Å². The fourth-order valence-electron chi connectivity index (χ4n) is 4.65. The number of rotatable bonds is 15. The molecule has 3 amide bonds. The molecular weight excluding hydrogens is 578 g/mol. The molecule has 12 nitrogen and oxygen atoms in total. The predicted molar refractivity (Wildman–Crippen MR) is 171 cm³/mol. The summed E-state index contributed by atoms with van der Waals surface area (Å²) in [5, 5.41) is 27.5. The molecule has 1 atom stereocenters. The van der Waals surface area contributed by atoms with Crippen LogP contribution in [-0.4, -0.2) is 65.7 Å². The molecule has 0 aromatic heterocycles. The van der Waals surface area contributed by atoms with Gasteiger partial charge in [-0.2, -0.15) is 0 Å². The molecule has 2 aromatic carbocycles. The third-order valence-corrected chi connectivity index (χ3v) is 7.72. The number of unbranched alkanes of at least 4 members (excludes halogenated alkanes) is 1. The number of carbonyl (C=O) groups is 4. The minimum atomic E-state index is -1.47. The molecule has 45 heavy (non-hydrogen) atoms. The van der Waals surface area contributed by atoms with Gasteiger partial charge in [0.1, 0.15) is 29.6 Å². The molecule has 1 aliphatic carbocycles. The van der Waals surface area contributed by atoms with Gasteiger partial charge in [-0.15, -0.1) is 0 Å². The molecular formula is C33H43N5O7. The van der Waals surface area contributed by atoms with Gasteiger partial charge in [-0.05, 0) is 89.0 Å². The molecule has 1 saturated carbocycles. The highest BCUT2D eigenvalue weighted by molar-refractivity contribution is 6.05. The molecule has 0 radical (unpaired) electrons. The zero-order valence-corrected chi connectivity index (χ0v) is 26.0. The number of hydrogen-bond donors (Lipinski definition) is 6. The monoisotopic (exact) mass is 621 g/mol. The number of carbonyl (C=O) groups excluding carboxylic acids is 3. The Morgan fingerprint density at radius 3 is 2.36 bits per heavy atom. The number of carboxylic acids is 1. The number of alkyl carbamates (subject to hydrolysis) is 1. The molecule has 1 fully saturated rings. The van der Waals surface area contributed by atoms with Crippen LogP contribution in [0.15, 0.2) is 66.0 Å². The van der Waals surface area contributed by atoms with Gasteiger partial charge in [-0.25, -0.2) is 4.79 Å². The van der Waals surface area contributed by atoms with E-state index in [4.69, 9.17) is 10.5 Å². The molecule has 1 unspecified atom stereocenters. The van der Waals surface area contributed by atoms with Crippen LogP contribution in [0.1, 0.15) is 56.6 Å². The summed E-state index contributed by atoms with van der Waals surface area (Å²) in [6.45, 7) is 2.47. The van der Waals surface area contributed by atoms with E-state index in [1.165, 1.54) is 0 Å². The first-order chi connectivity index (χ1) is 21.4. The lowest BCUT2D eigenvalue weighted by Gasteiger charge is -2.37. The van der Waals surface area contributed by atoms with Gasteiger partial charge >= 0.3 is 12.1 Å². The Morgan fingerprint density at radius 2 is 1.76 bits per heavy atom. The highest BCUT2D eigenvalue weighted by atomic mass is 16.5. The van der Waals surface area contributed by atoms with Crippen molar-refractivity contribution in [2.45, 2.75) is 58.1 Å². The number of phenols is 1. The van der Waals surface area contributed by atoms with Crippen molar-refractivity contribution < 1.29 is 34.1 Å². The fourth-order valence-corrected chi connectivity index (χ4v) is 4.65. The van der Waals surface area contributed by atoms with Crippen molar-refractivity contribution in [3.63, 3.8) is 0 Å². The highest BCUT2D eigenvalue weighted by Crippen LogP contribution is 2.41. The first-order valence-corrected chi connectivity index (χ1v) is 14.9. The number of benzene rings is 2. The number of ether oxygens (including phenoxy) is 1. The van der Waals surface area contributed by atoms with E-state index in [1.807, 2.05) is 19.0 Å². The van der Waals surface area contributed by atoms with E-state index >= 15 is 0 Å². The maximum atomic E-state index is 13.2. The van der Waals surface area contributed by atoms with E-state index in [9.17, 15) is 29.4 Å². The van der Waals surface area contributed by atoms with Crippen molar-refractivity contribution in [1.82, 2.24) is 15.5 Å². The summed E-state index contributed by atoms with van der Waals surface area (Å²) in [4.78, 5) is 52.2. The average molecular weight is 622 g/mol. The largest absolute Gasteiger partial charge is 0.507 e. The quantitative estimate of drug-likeness (QED) is 0.0974. The van der Waals surface area contributed by atoms with Crippen molar-refractivity contribution in [2.24, 2.45) is 11.1 Å². The second-order valence-electron chi connectivity index (χ2n) is 11.4. The Hall–Kier alpha value is -4.84. The highest BCUT2D eigenvalue weighted by Gasteiger charge is 2.51. The summed E-state index contributed by atoms with van der Waals surface area (Å²) in [5.41, 5.74) is 6.79. The topological polar surface area (TPSA) is 183 Å². The molecule has 0 spiro atoms. The van der Waals surface area contributed by atoms with Crippen molar-refractivity contribution in [3.8, 4) is 5.75 Å². The van der Waals surface area contributed by atoms with Crippen LogP contribution in [0.2, 0.25) is 0 Å². The molecule has 0 heterocycles. The average Bonchev–Trinajstić information content (AvgIpc) is 2.96. The maximum absolute atomic E-state index is 13.2. The van der Waals surface area contributed by atoms with Gasteiger partial charge in [-0.3, -0.25) is 19.7 Å². The SMILES string of the molecule is CC(/C=C/c1ccccc1O)=C(/N)NC(=O)OCc1ccc(NC(=O)C(CCCCN(C)C)NC(=O)C2(C(=O)O)CCC2)cc1. The van der Waals surface area contributed by atoms with Crippen LogP contribution in [0.3, 0.4) is 0 Å². The number of aromatic hydroxyl groups is 1. The van der Waals surface area contributed by atoms with Crippen molar-refractivity contribution in [3.05, 3.63) is 77.1 Å². The molecule has 12 heteroatoms. The second-order valence-corrected chi connectivity index (χ2v) is 11.4. The molecule has 0 bridgehead atoms. The summed E-state index contributed by atoms with van der Waals surface area (Å²) in [6.07, 6.45) is 5.59. The van der Waals surface area contributed by atoms with E-state index in [1.54, 1.807) is 67.6 Å². The van der Waals surface area contributed by atoms with Crippen LogP contribution in [0, 0.1) is 5.41 Å². The standard InChI is InChI=1S/C33H43N5O7/c1-22(12-15-24-9-4-5-11-27(24)39)28(34)37-32(44)45-21-23-13-16-25(17-14-23)35-29(40)26(10-6-7-20-38(2)3)36-30(41)33(31(42)43)18-8-19-33/h4-5,9,11-17,26,39H,6-8,10,18-21,34H2,1-3H3,(H,35,40)(H,36,41)(H,37,44)(H,42,43)/b15-12+,28-22+. The summed E-state index contributed by atoms with van der Waals surface area (Å²) in [7, 11) is 3.90. The number of nitrogens with zero attached hydrogens (tertiary/aromatic N) is 1. The van der Waals surface area contributed by atoms with Gasteiger partial charge in [0, 0.05) is 11.3 Å². The van der Waals surface area contributed by atoms with Crippen LogP contribution < -0.4 is 21.7 Å². The Kier molecular flexibility index (Phi) is 12.5. The van der Waals surface area contributed by atoms with Crippen molar-refractivity contribution >= 4 is 35.6 Å². The molecule has 7 N–H and O–H groups in total. The Bertz CT molecular complexity index is 1410. The number of nitrogens with one attached hydrogen (secondary N) is 3. The van der Waals surface area contributed by atoms with Gasteiger partial charge in [0.05, 0.1) is 0 Å². The number of allylic oxidation sites excluding steroid dienone is 2. The third-order valence-electron chi connectivity index (χ3n) is 7.72. The van der Waals surface area contributed by atoms with E-state index in [2.05, 4.69) is 16.0 Å². The van der Waals surface area contributed by atoms with Gasteiger partial charge in [-0.1, -0.05) is 48.9 Å². The molecule has 2 aromatic rings. The van der Waals surface area contributed by atoms with Gasteiger partial charge in [0.15, 0.2) is 0 Å². The van der Waals surface area contributed by atoms with Gasteiger partial charge in [0.25, 0.3) is 0 Å². The molecule has 0 aliphatic heterocycles. The van der Waals surface area contributed by atoms with Crippen molar-refractivity contribution in [2.75, 3.05) is 26.0 Å². The molecule has 242 valence electrons. The number of phenolic OH excluding ortho intramolecular Hbond substituents is 1. The zero-order valence-electron chi connectivity index (χ0n) is 26.0. The van der Waals surface area contributed by atoms with Crippen LogP contribution in [0.5, 0.6) is 5.75 Å². The summed E-state index contributed by atoms with van der Waals surface area (Å²) in [5.74, 6) is -2.01. The zero-order chi connectivity index (χ0) is 33.0. The van der Waals surface area contributed by atoms with E-state index < -0.39 is 35.3 Å². The van der Waals surface area contributed by atoms with Crippen LogP contribution in [0.25, 0.3) is 6.08 Å². The third kappa shape index (κ3) is 10.1. The normalized spacial score (nSPS) is 15.0. The lowest BCUT2D eigenvalue weighted by atomic mass is 9.68. The van der Waals surface area contributed by atoms with Crippen LogP contribution >= 0.6 is 0 Å². The van der Waals surface area contributed by atoms with Crippen LogP contribution in [0.4, 0.5) is 10.5 Å². The second kappa shape index (κ2) is 16.3. The number of nitrogens with two attached hydrogens (primary N) is 1. The smallest absolute Gasteiger partial charge is 0.413 e. The van der Waals surface area contributed by atoms with Gasteiger partial charge < -0.3 is 36.2 Å². The van der Waals surface area contributed by atoms with E-state index in [0.29, 0.717) is 41.6 Å². The van der Waals surface area contributed by atoms with Crippen LogP contribution in [-0.2, 0) is 25.7 Å². The van der Waals surface area contributed by atoms with E-state index in [0.717, 1.165) is 13.0 Å². The number of carboxylic acid groups (broad SMARTS) is 1. The number of aliphatic carboxylic acids is 1. The minimum absolute atomic E-state index is 0.0536. The summed E-state index contributed by atoms with van der Waals surface area (Å²) < 4.78 is 5.26.